The summed E-state index contributed by atoms with van der Waals surface area (Å²) >= 11 is 5.97. The second-order valence-corrected chi connectivity index (χ2v) is 9.77. The highest BCUT2D eigenvalue weighted by molar-refractivity contribution is 7.89. The first kappa shape index (κ1) is 22.4. The predicted molar refractivity (Wildman–Crippen MR) is 114 cm³/mol. The highest BCUT2D eigenvalue weighted by Crippen LogP contribution is 2.24. The number of nitrogens with one attached hydrogen (secondary N) is 1. The van der Waals surface area contributed by atoms with Gasteiger partial charge in [-0.15, -0.1) is 0 Å². The summed E-state index contributed by atoms with van der Waals surface area (Å²) in [6, 6.07) is 11.6. The Labute approximate surface area is 189 Å². The number of aromatic nitrogens is 2. The van der Waals surface area contributed by atoms with Crippen molar-refractivity contribution in [3.8, 4) is 11.4 Å². The van der Waals surface area contributed by atoms with E-state index in [2.05, 4.69) is 15.5 Å². The molecule has 2 heterocycles. The summed E-state index contributed by atoms with van der Waals surface area (Å²) in [5, 5.41) is 7.16. The third-order valence-electron chi connectivity index (χ3n) is 5.17. The molecule has 1 unspecified atom stereocenters. The van der Waals surface area contributed by atoms with Gasteiger partial charge < -0.3 is 9.84 Å². The fourth-order valence-corrected chi connectivity index (χ4v) is 5.22. The number of nitrogens with zero attached hydrogens (tertiary/aromatic N) is 3. The van der Waals surface area contributed by atoms with Gasteiger partial charge in [-0.1, -0.05) is 28.9 Å². The molecule has 168 valence electrons. The van der Waals surface area contributed by atoms with E-state index in [1.54, 1.807) is 24.3 Å². The van der Waals surface area contributed by atoms with E-state index in [9.17, 15) is 17.6 Å². The maximum Gasteiger partial charge on any atom is 0.246 e. The number of rotatable bonds is 6. The quantitative estimate of drug-likeness (QED) is 0.583. The van der Waals surface area contributed by atoms with Gasteiger partial charge in [0.25, 0.3) is 0 Å². The molecule has 1 aromatic heterocycles. The minimum absolute atomic E-state index is 0.000590. The summed E-state index contributed by atoms with van der Waals surface area (Å²) in [6.45, 7) is 0.368. The van der Waals surface area contributed by atoms with Crippen LogP contribution in [-0.4, -0.2) is 41.9 Å². The Morgan fingerprint density at radius 1 is 1.25 bits per heavy atom. The van der Waals surface area contributed by atoms with Gasteiger partial charge in [-0.05, 0) is 49.2 Å². The molecule has 1 N–H and O–H groups in total. The number of halogens is 2. The molecule has 4 rings (SSSR count). The largest absolute Gasteiger partial charge is 0.347 e. The monoisotopic (exact) mass is 478 g/mol. The maximum atomic E-state index is 13.1. The molecule has 1 atom stereocenters. The van der Waals surface area contributed by atoms with Gasteiger partial charge in [0.05, 0.1) is 17.4 Å². The van der Waals surface area contributed by atoms with Gasteiger partial charge >= 0.3 is 0 Å². The SMILES string of the molecule is O=C(NCc1nc(-c2cccc(Cl)c2)no1)C1CCCN(S(=O)(=O)c2ccc(F)cc2)C1. The van der Waals surface area contributed by atoms with Crippen LogP contribution in [0.25, 0.3) is 11.4 Å². The van der Waals surface area contributed by atoms with Crippen molar-refractivity contribution in [1.29, 1.82) is 0 Å². The summed E-state index contributed by atoms with van der Waals surface area (Å²) in [7, 11) is -3.81. The Morgan fingerprint density at radius 3 is 2.78 bits per heavy atom. The molecule has 1 amide bonds. The fraction of sp³-hybridized carbons (Fsp3) is 0.286. The first-order valence-corrected chi connectivity index (χ1v) is 11.8. The number of amides is 1. The molecular weight excluding hydrogens is 459 g/mol. The van der Waals surface area contributed by atoms with Gasteiger partial charge in [0.2, 0.25) is 27.6 Å². The second kappa shape index (κ2) is 9.35. The van der Waals surface area contributed by atoms with Gasteiger partial charge in [-0.3, -0.25) is 4.79 Å². The molecular formula is C21H20ClFN4O4S. The van der Waals surface area contributed by atoms with Gasteiger partial charge in [0.15, 0.2) is 0 Å². The molecule has 0 spiro atoms. The third-order valence-corrected chi connectivity index (χ3v) is 7.29. The first-order valence-electron chi connectivity index (χ1n) is 9.95. The van der Waals surface area contributed by atoms with Crippen molar-refractivity contribution in [2.75, 3.05) is 13.1 Å². The predicted octanol–water partition coefficient (Wildman–Crippen LogP) is 3.25. The van der Waals surface area contributed by atoms with Crippen molar-refractivity contribution in [2.45, 2.75) is 24.3 Å². The molecule has 0 aliphatic carbocycles. The number of sulfonamides is 1. The second-order valence-electron chi connectivity index (χ2n) is 7.40. The average Bonchev–Trinajstić information content (AvgIpc) is 3.27. The number of hydrogen-bond donors (Lipinski definition) is 1. The third kappa shape index (κ3) is 4.98. The molecule has 3 aromatic rings. The molecule has 11 heteroatoms. The molecule has 2 aromatic carbocycles. The van der Waals surface area contributed by atoms with Crippen molar-refractivity contribution in [1.82, 2.24) is 19.8 Å². The fourth-order valence-electron chi connectivity index (χ4n) is 3.51. The lowest BCUT2D eigenvalue weighted by Gasteiger charge is -2.31. The summed E-state index contributed by atoms with van der Waals surface area (Å²) in [6.07, 6.45) is 1.09. The van der Waals surface area contributed by atoms with E-state index in [0.29, 0.717) is 35.8 Å². The average molecular weight is 479 g/mol. The topological polar surface area (TPSA) is 105 Å². The van der Waals surface area contributed by atoms with Crippen LogP contribution in [0.4, 0.5) is 4.39 Å². The zero-order chi connectivity index (χ0) is 22.7. The zero-order valence-corrected chi connectivity index (χ0v) is 18.4. The van der Waals surface area contributed by atoms with Crippen LogP contribution in [0, 0.1) is 11.7 Å². The van der Waals surface area contributed by atoms with Gasteiger partial charge in [0.1, 0.15) is 5.82 Å². The molecule has 1 aliphatic heterocycles. The zero-order valence-electron chi connectivity index (χ0n) is 16.9. The molecule has 1 saturated heterocycles. The van der Waals surface area contributed by atoms with E-state index >= 15 is 0 Å². The Bertz CT molecular complexity index is 1220. The summed E-state index contributed by atoms with van der Waals surface area (Å²) in [5.41, 5.74) is 0.688. The summed E-state index contributed by atoms with van der Waals surface area (Å²) < 4.78 is 45.3. The highest BCUT2D eigenvalue weighted by Gasteiger charge is 2.33. The molecule has 8 nitrogen and oxygen atoms in total. The Kier molecular flexibility index (Phi) is 6.54. The van der Waals surface area contributed by atoms with Crippen LogP contribution in [0.1, 0.15) is 18.7 Å². The molecule has 1 aliphatic rings. The Hall–Kier alpha value is -2.82. The van der Waals surface area contributed by atoms with E-state index in [1.807, 2.05) is 0 Å². The molecule has 32 heavy (non-hydrogen) atoms. The van der Waals surface area contributed by atoms with Crippen LogP contribution in [0.15, 0.2) is 57.9 Å². The van der Waals surface area contributed by atoms with Crippen molar-refractivity contribution in [3.63, 3.8) is 0 Å². The van der Waals surface area contributed by atoms with Crippen LogP contribution in [0.3, 0.4) is 0 Å². The van der Waals surface area contributed by atoms with Gasteiger partial charge in [-0.2, -0.15) is 9.29 Å². The van der Waals surface area contributed by atoms with Crippen LogP contribution in [-0.2, 0) is 21.4 Å². The molecule has 1 fully saturated rings. The lowest BCUT2D eigenvalue weighted by molar-refractivity contribution is -0.126. The lowest BCUT2D eigenvalue weighted by atomic mass is 9.99. The number of piperidine rings is 1. The number of benzene rings is 2. The molecule has 0 saturated carbocycles. The van der Waals surface area contributed by atoms with E-state index in [1.165, 1.54) is 16.4 Å². The highest BCUT2D eigenvalue weighted by atomic mass is 35.5. The Morgan fingerprint density at radius 2 is 2.03 bits per heavy atom. The van der Waals surface area contributed by atoms with E-state index in [-0.39, 0.29) is 29.8 Å². The first-order chi connectivity index (χ1) is 15.3. The normalized spacial score (nSPS) is 17.2. The number of carbonyl (C=O) groups excluding carboxylic acids is 1. The van der Waals surface area contributed by atoms with Gasteiger partial charge in [0, 0.05) is 23.7 Å². The van der Waals surface area contributed by atoms with E-state index < -0.39 is 21.8 Å². The van der Waals surface area contributed by atoms with Crippen LogP contribution in [0.5, 0.6) is 0 Å². The lowest BCUT2D eigenvalue weighted by Crippen LogP contribution is -2.45. The van der Waals surface area contributed by atoms with E-state index in [0.717, 1.165) is 12.1 Å². The van der Waals surface area contributed by atoms with Crippen LogP contribution >= 0.6 is 11.6 Å². The molecule has 0 radical (unpaired) electrons. The standard InChI is InChI=1S/C21H20ClFN4O4S/c22-16-5-1-3-14(11-16)20-25-19(31-26-20)12-24-21(28)15-4-2-10-27(13-15)32(29,30)18-8-6-17(23)7-9-18/h1,3,5-9,11,15H,2,4,10,12-13H2,(H,24,28). The minimum Gasteiger partial charge on any atom is -0.347 e. The van der Waals surface area contributed by atoms with E-state index in [4.69, 9.17) is 16.1 Å². The summed E-state index contributed by atoms with van der Waals surface area (Å²) in [5.74, 6) is -0.758. The van der Waals surface area contributed by atoms with Crippen molar-refractivity contribution >= 4 is 27.5 Å². The molecule has 0 bridgehead atoms. The number of hydrogen-bond acceptors (Lipinski definition) is 6. The summed E-state index contributed by atoms with van der Waals surface area (Å²) in [4.78, 5) is 16.9. The maximum absolute atomic E-state index is 13.1. The van der Waals surface area contributed by atoms with Crippen LogP contribution in [0.2, 0.25) is 5.02 Å². The number of carbonyl (C=O) groups is 1. The van der Waals surface area contributed by atoms with Crippen molar-refractivity contribution in [2.24, 2.45) is 5.92 Å². The minimum atomic E-state index is -3.81. The van der Waals surface area contributed by atoms with Crippen molar-refractivity contribution < 1.29 is 22.1 Å². The Balaban J connectivity index is 1.37. The smallest absolute Gasteiger partial charge is 0.246 e. The van der Waals surface area contributed by atoms with Gasteiger partial charge in [-0.25, -0.2) is 12.8 Å². The van der Waals surface area contributed by atoms with Crippen molar-refractivity contribution in [3.05, 3.63) is 65.3 Å². The van der Waals surface area contributed by atoms with Crippen LogP contribution < -0.4 is 5.32 Å².